The van der Waals surface area contributed by atoms with Crippen LogP contribution in [0.4, 0.5) is 11.4 Å². The number of anilines is 2. The fourth-order valence-corrected chi connectivity index (χ4v) is 4.14. The number of carbonyl (C=O) groups excluding carboxylic acids is 3. The first-order valence-electron chi connectivity index (χ1n) is 10.5. The smallest absolute Gasteiger partial charge is 0.343 e. The van der Waals surface area contributed by atoms with Gasteiger partial charge in [0.25, 0.3) is 11.8 Å². The lowest BCUT2D eigenvalue weighted by Gasteiger charge is -2.15. The Labute approximate surface area is 210 Å². The van der Waals surface area contributed by atoms with Crippen molar-refractivity contribution in [3.8, 4) is 5.75 Å². The number of benzene rings is 4. The average molecular weight is 503 g/mol. The molecule has 1 heterocycles. The quantitative estimate of drug-likeness (QED) is 0.201. The first kappa shape index (κ1) is 22.7. The van der Waals surface area contributed by atoms with Gasteiger partial charge >= 0.3 is 5.97 Å². The Morgan fingerprint density at radius 1 is 0.800 bits per heavy atom. The van der Waals surface area contributed by atoms with Crippen molar-refractivity contribution < 1.29 is 19.1 Å². The molecule has 0 spiro atoms. The standard InChI is InChI=1S/C27H16Cl2N2O4/c28-18-7-4-8-20(15-18)31-25(32)23(29)24(26(31)33)30-19-13-11-17(12-14-19)27(34)35-22-10-3-6-16-5-1-2-9-21(16)22/h1-15,30H. The van der Waals surface area contributed by atoms with Gasteiger partial charge in [-0.3, -0.25) is 9.59 Å². The molecular weight excluding hydrogens is 487 g/mol. The summed E-state index contributed by atoms with van der Waals surface area (Å²) in [6.45, 7) is 0. The van der Waals surface area contributed by atoms with Crippen LogP contribution in [-0.4, -0.2) is 17.8 Å². The first-order valence-corrected chi connectivity index (χ1v) is 11.3. The van der Waals surface area contributed by atoms with Crippen molar-refractivity contribution in [2.24, 2.45) is 0 Å². The monoisotopic (exact) mass is 502 g/mol. The molecule has 4 aromatic carbocycles. The predicted molar refractivity (Wildman–Crippen MR) is 136 cm³/mol. The third kappa shape index (κ3) is 4.37. The van der Waals surface area contributed by atoms with Gasteiger partial charge < -0.3 is 10.1 Å². The lowest BCUT2D eigenvalue weighted by atomic mass is 10.1. The molecule has 0 radical (unpaired) electrons. The predicted octanol–water partition coefficient (Wildman–Crippen LogP) is 6.15. The minimum Gasteiger partial charge on any atom is -0.422 e. The molecule has 5 rings (SSSR count). The molecule has 0 fully saturated rings. The van der Waals surface area contributed by atoms with Crippen molar-refractivity contribution in [2.75, 3.05) is 10.2 Å². The van der Waals surface area contributed by atoms with Gasteiger partial charge in [-0.2, -0.15) is 0 Å². The van der Waals surface area contributed by atoms with E-state index < -0.39 is 17.8 Å². The third-order valence-electron chi connectivity index (χ3n) is 5.44. The molecule has 2 amide bonds. The zero-order chi connectivity index (χ0) is 24.5. The number of imide groups is 1. The van der Waals surface area contributed by atoms with Gasteiger partial charge in [-0.1, -0.05) is 65.7 Å². The van der Waals surface area contributed by atoms with E-state index in [1.54, 1.807) is 48.5 Å². The second kappa shape index (κ2) is 9.25. The van der Waals surface area contributed by atoms with Gasteiger partial charge in [0, 0.05) is 16.1 Å². The van der Waals surface area contributed by atoms with Gasteiger partial charge in [-0.05, 0) is 53.9 Å². The minimum absolute atomic E-state index is 0.0669. The van der Waals surface area contributed by atoms with Crippen LogP contribution < -0.4 is 15.0 Å². The van der Waals surface area contributed by atoms with E-state index in [1.807, 2.05) is 36.4 Å². The van der Waals surface area contributed by atoms with Crippen LogP contribution in [0.15, 0.2) is 102 Å². The van der Waals surface area contributed by atoms with E-state index in [1.165, 1.54) is 6.07 Å². The number of esters is 1. The van der Waals surface area contributed by atoms with Crippen molar-refractivity contribution in [1.82, 2.24) is 0 Å². The molecule has 0 unspecified atom stereocenters. The summed E-state index contributed by atoms with van der Waals surface area (Å²) in [7, 11) is 0. The van der Waals surface area contributed by atoms with Crippen molar-refractivity contribution in [2.45, 2.75) is 0 Å². The number of rotatable bonds is 5. The molecule has 4 aromatic rings. The van der Waals surface area contributed by atoms with E-state index in [0.29, 0.717) is 27.7 Å². The molecule has 0 bridgehead atoms. The van der Waals surface area contributed by atoms with Crippen LogP contribution in [-0.2, 0) is 9.59 Å². The van der Waals surface area contributed by atoms with Gasteiger partial charge in [0.15, 0.2) is 0 Å². The highest BCUT2D eigenvalue weighted by molar-refractivity contribution is 6.53. The topological polar surface area (TPSA) is 75.7 Å². The molecule has 0 aliphatic carbocycles. The Morgan fingerprint density at radius 2 is 1.51 bits per heavy atom. The number of hydrogen-bond donors (Lipinski definition) is 1. The zero-order valence-electron chi connectivity index (χ0n) is 18.0. The maximum Gasteiger partial charge on any atom is 0.343 e. The molecular formula is C27H16Cl2N2O4. The fraction of sp³-hybridized carbons (Fsp3) is 0. The van der Waals surface area contributed by atoms with Crippen LogP contribution in [0, 0.1) is 0 Å². The summed E-state index contributed by atoms with van der Waals surface area (Å²) in [5, 5.41) is 4.81. The van der Waals surface area contributed by atoms with E-state index in [-0.39, 0.29) is 10.7 Å². The number of ether oxygens (including phenoxy) is 1. The van der Waals surface area contributed by atoms with Gasteiger partial charge in [0.2, 0.25) is 0 Å². The summed E-state index contributed by atoms with van der Waals surface area (Å²) < 4.78 is 5.60. The summed E-state index contributed by atoms with van der Waals surface area (Å²) >= 11 is 12.2. The fourth-order valence-electron chi connectivity index (χ4n) is 3.74. The molecule has 8 heteroatoms. The summed E-state index contributed by atoms with van der Waals surface area (Å²) in [4.78, 5) is 39.2. The summed E-state index contributed by atoms with van der Waals surface area (Å²) in [6.07, 6.45) is 0. The molecule has 0 saturated carbocycles. The summed E-state index contributed by atoms with van der Waals surface area (Å²) in [5.74, 6) is -1.33. The lowest BCUT2D eigenvalue weighted by Crippen LogP contribution is -2.32. The highest BCUT2D eigenvalue weighted by Crippen LogP contribution is 2.31. The van der Waals surface area contributed by atoms with Crippen molar-refractivity contribution in [3.63, 3.8) is 0 Å². The number of hydrogen-bond acceptors (Lipinski definition) is 5. The number of nitrogens with zero attached hydrogens (tertiary/aromatic N) is 1. The molecule has 1 N–H and O–H groups in total. The van der Waals surface area contributed by atoms with E-state index in [4.69, 9.17) is 27.9 Å². The lowest BCUT2D eigenvalue weighted by molar-refractivity contribution is -0.120. The van der Waals surface area contributed by atoms with Crippen LogP contribution in [0.1, 0.15) is 10.4 Å². The van der Waals surface area contributed by atoms with E-state index in [9.17, 15) is 14.4 Å². The number of nitrogens with one attached hydrogen (secondary N) is 1. The zero-order valence-corrected chi connectivity index (χ0v) is 19.5. The number of carbonyl (C=O) groups is 3. The van der Waals surface area contributed by atoms with Crippen LogP contribution in [0.25, 0.3) is 10.8 Å². The Bertz CT molecular complexity index is 1520. The van der Waals surface area contributed by atoms with Crippen molar-refractivity contribution in [3.05, 3.63) is 112 Å². The Balaban J connectivity index is 1.32. The molecule has 0 atom stereocenters. The highest BCUT2D eigenvalue weighted by atomic mass is 35.5. The summed E-state index contributed by atoms with van der Waals surface area (Å²) in [6, 6.07) is 25.8. The van der Waals surface area contributed by atoms with Crippen LogP contribution in [0.5, 0.6) is 5.75 Å². The third-order valence-corrected chi connectivity index (χ3v) is 6.02. The van der Waals surface area contributed by atoms with E-state index in [0.717, 1.165) is 15.7 Å². The Kier molecular flexibility index (Phi) is 5.99. The van der Waals surface area contributed by atoms with Crippen LogP contribution in [0.2, 0.25) is 5.02 Å². The first-order chi connectivity index (χ1) is 16.9. The van der Waals surface area contributed by atoms with Crippen molar-refractivity contribution in [1.29, 1.82) is 0 Å². The Hall–Kier alpha value is -4.13. The normalized spacial score (nSPS) is 13.5. The number of amides is 2. The number of fused-ring (bicyclic) bond motifs is 1. The van der Waals surface area contributed by atoms with E-state index in [2.05, 4.69) is 5.32 Å². The Morgan fingerprint density at radius 3 is 2.29 bits per heavy atom. The maximum absolute atomic E-state index is 12.9. The molecule has 0 aromatic heterocycles. The van der Waals surface area contributed by atoms with Gasteiger partial charge in [-0.15, -0.1) is 0 Å². The second-order valence-corrected chi connectivity index (χ2v) is 8.50. The molecule has 0 saturated heterocycles. The largest absolute Gasteiger partial charge is 0.422 e. The van der Waals surface area contributed by atoms with Crippen LogP contribution >= 0.6 is 23.2 Å². The average Bonchev–Trinajstić information content (AvgIpc) is 3.07. The molecule has 172 valence electrons. The number of halogens is 2. The van der Waals surface area contributed by atoms with Crippen molar-refractivity contribution >= 4 is 63.1 Å². The SMILES string of the molecule is O=C(Oc1cccc2ccccc12)c1ccc(NC2=C(Cl)C(=O)N(c3cccc(Cl)c3)C2=O)cc1. The molecule has 6 nitrogen and oxygen atoms in total. The van der Waals surface area contributed by atoms with Gasteiger partial charge in [0.1, 0.15) is 16.5 Å². The second-order valence-electron chi connectivity index (χ2n) is 7.68. The van der Waals surface area contributed by atoms with Gasteiger partial charge in [-0.25, -0.2) is 9.69 Å². The minimum atomic E-state index is -0.656. The maximum atomic E-state index is 12.9. The summed E-state index contributed by atoms with van der Waals surface area (Å²) in [5.41, 5.74) is 1.03. The van der Waals surface area contributed by atoms with Crippen LogP contribution in [0.3, 0.4) is 0 Å². The molecule has 1 aliphatic heterocycles. The van der Waals surface area contributed by atoms with E-state index >= 15 is 0 Å². The highest BCUT2D eigenvalue weighted by Gasteiger charge is 2.39. The molecule has 35 heavy (non-hydrogen) atoms. The molecule has 1 aliphatic rings. The van der Waals surface area contributed by atoms with Gasteiger partial charge in [0.05, 0.1) is 11.3 Å².